The van der Waals surface area contributed by atoms with E-state index in [9.17, 15) is 0 Å². The Morgan fingerprint density at radius 1 is 1.60 bits per heavy atom. The second-order valence-electron chi connectivity index (χ2n) is 4.40. The van der Waals surface area contributed by atoms with Gasteiger partial charge in [-0.2, -0.15) is 0 Å². The van der Waals surface area contributed by atoms with E-state index in [-0.39, 0.29) is 0 Å². The van der Waals surface area contributed by atoms with Gasteiger partial charge in [-0.1, -0.05) is 18.6 Å². The second kappa shape index (κ2) is 1.87. The van der Waals surface area contributed by atoms with Gasteiger partial charge in [0.2, 0.25) is 0 Å². The molecule has 0 aliphatic heterocycles. The van der Waals surface area contributed by atoms with Crippen LogP contribution >= 0.6 is 0 Å². The summed E-state index contributed by atoms with van der Waals surface area (Å²) in [5, 5.41) is 0. The van der Waals surface area contributed by atoms with Gasteiger partial charge in [-0.25, -0.2) is 0 Å². The lowest BCUT2D eigenvalue weighted by Gasteiger charge is -2.27. The molecule has 0 radical (unpaired) electrons. The second-order valence-corrected chi connectivity index (χ2v) is 4.40. The van der Waals surface area contributed by atoms with E-state index >= 15 is 0 Å². The Morgan fingerprint density at radius 2 is 2.40 bits per heavy atom. The van der Waals surface area contributed by atoms with Crippen molar-refractivity contribution >= 4 is 0 Å². The topological polar surface area (TPSA) is 0 Å². The summed E-state index contributed by atoms with van der Waals surface area (Å²) >= 11 is 0. The minimum atomic E-state index is 0.699. The molecule has 0 spiro atoms. The molecule has 2 aliphatic rings. The Kier molecular flexibility index (Phi) is 1.21. The molecule has 2 atom stereocenters. The van der Waals surface area contributed by atoms with Gasteiger partial charge >= 0.3 is 0 Å². The molecule has 0 aromatic carbocycles. The number of allylic oxidation sites excluding steroid dienone is 2. The lowest BCUT2D eigenvalue weighted by Crippen LogP contribution is -2.14. The van der Waals surface area contributed by atoms with Crippen LogP contribution < -0.4 is 0 Å². The van der Waals surface area contributed by atoms with Gasteiger partial charge in [0.05, 0.1) is 0 Å². The van der Waals surface area contributed by atoms with Crippen molar-refractivity contribution in [2.24, 2.45) is 11.3 Å². The van der Waals surface area contributed by atoms with E-state index in [0.29, 0.717) is 5.41 Å². The molecule has 0 amide bonds. The largest absolute Gasteiger partial charge is 0.0848 e. The van der Waals surface area contributed by atoms with Crippen LogP contribution in [0.5, 0.6) is 0 Å². The minimum absolute atomic E-state index is 0.699. The van der Waals surface area contributed by atoms with E-state index < -0.39 is 0 Å². The number of hydrogen-bond donors (Lipinski definition) is 0. The molecule has 0 N–H and O–H groups in total. The normalized spacial score (nSPS) is 45.4. The predicted octanol–water partition coefficient (Wildman–Crippen LogP) is 3.14. The average Bonchev–Trinajstić information content (AvgIpc) is 2.23. The van der Waals surface area contributed by atoms with Gasteiger partial charge in [0, 0.05) is 0 Å². The Balaban J connectivity index is 2.27. The molecule has 0 aromatic heterocycles. The lowest BCUT2D eigenvalue weighted by molar-refractivity contribution is 0.318. The highest BCUT2D eigenvalue weighted by Gasteiger charge is 2.37. The average molecular weight is 136 g/mol. The first-order chi connectivity index (χ1) is 4.70. The molecule has 0 heterocycles. The van der Waals surface area contributed by atoms with E-state index in [2.05, 4.69) is 19.9 Å². The van der Waals surface area contributed by atoms with Gasteiger partial charge in [-0.3, -0.25) is 0 Å². The fraction of sp³-hybridized carbons (Fsp3) is 0.800. The molecule has 0 heteroatoms. The first-order valence-electron chi connectivity index (χ1n) is 4.36. The maximum absolute atomic E-state index is 2.46. The van der Waals surface area contributed by atoms with Crippen LogP contribution in [0.25, 0.3) is 0 Å². The molecule has 2 bridgehead atoms. The van der Waals surface area contributed by atoms with E-state index in [1.54, 1.807) is 5.57 Å². The molecule has 2 unspecified atom stereocenters. The summed E-state index contributed by atoms with van der Waals surface area (Å²) in [6, 6.07) is 0. The standard InChI is InChI=1S/C10H16/c1-8-3-5-10(2)6-4-9(8)7-10/h3,9H,4-7H2,1-2H3. The quantitative estimate of drug-likeness (QED) is 0.449. The molecule has 2 aliphatic carbocycles. The van der Waals surface area contributed by atoms with Crippen molar-refractivity contribution in [1.82, 2.24) is 0 Å². The van der Waals surface area contributed by atoms with Crippen LogP contribution in [-0.2, 0) is 0 Å². The lowest BCUT2D eigenvalue weighted by atomic mass is 9.79. The van der Waals surface area contributed by atoms with Crippen molar-refractivity contribution < 1.29 is 0 Å². The predicted molar refractivity (Wildman–Crippen MR) is 43.8 cm³/mol. The van der Waals surface area contributed by atoms with Crippen LogP contribution in [0.1, 0.15) is 39.5 Å². The zero-order chi connectivity index (χ0) is 7.19. The van der Waals surface area contributed by atoms with Gasteiger partial charge in [0.1, 0.15) is 0 Å². The van der Waals surface area contributed by atoms with Crippen molar-refractivity contribution in [3.05, 3.63) is 11.6 Å². The summed E-state index contributed by atoms with van der Waals surface area (Å²) < 4.78 is 0. The third kappa shape index (κ3) is 0.817. The zero-order valence-electron chi connectivity index (χ0n) is 6.98. The molecule has 0 aromatic rings. The van der Waals surface area contributed by atoms with Gasteiger partial charge in [-0.15, -0.1) is 0 Å². The summed E-state index contributed by atoms with van der Waals surface area (Å²) in [6.45, 7) is 4.74. The van der Waals surface area contributed by atoms with Crippen LogP contribution in [0.2, 0.25) is 0 Å². The van der Waals surface area contributed by atoms with E-state index in [1.165, 1.54) is 25.7 Å². The van der Waals surface area contributed by atoms with Crippen LogP contribution in [0.15, 0.2) is 11.6 Å². The van der Waals surface area contributed by atoms with Crippen molar-refractivity contribution in [3.8, 4) is 0 Å². The summed E-state index contributed by atoms with van der Waals surface area (Å²) in [4.78, 5) is 0. The smallest absolute Gasteiger partial charge is 0.0201 e. The third-order valence-electron chi connectivity index (χ3n) is 3.40. The number of fused-ring (bicyclic) bond motifs is 2. The minimum Gasteiger partial charge on any atom is -0.0848 e. The van der Waals surface area contributed by atoms with Gasteiger partial charge in [-0.05, 0) is 43.9 Å². The first kappa shape index (κ1) is 6.45. The zero-order valence-corrected chi connectivity index (χ0v) is 6.98. The van der Waals surface area contributed by atoms with Crippen LogP contribution in [0, 0.1) is 11.3 Å². The highest BCUT2D eigenvalue weighted by molar-refractivity contribution is 5.14. The highest BCUT2D eigenvalue weighted by Crippen LogP contribution is 2.50. The summed E-state index contributed by atoms with van der Waals surface area (Å²) in [6.07, 6.45) is 8.19. The highest BCUT2D eigenvalue weighted by atomic mass is 14.4. The SMILES string of the molecule is CC1=CCC2(C)CCC1C2. The van der Waals surface area contributed by atoms with E-state index in [4.69, 9.17) is 0 Å². The first-order valence-corrected chi connectivity index (χ1v) is 4.36. The Hall–Kier alpha value is -0.260. The van der Waals surface area contributed by atoms with E-state index in [0.717, 1.165) is 5.92 Å². The summed E-state index contributed by atoms with van der Waals surface area (Å²) in [5.74, 6) is 0.957. The van der Waals surface area contributed by atoms with Crippen LogP contribution in [0.3, 0.4) is 0 Å². The fourth-order valence-corrected chi connectivity index (χ4v) is 2.47. The molecule has 0 nitrogen and oxygen atoms in total. The van der Waals surface area contributed by atoms with Gasteiger partial charge < -0.3 is 0 Å². The van der Waals surface area contributed by atoms with Crippen molar-refractivity contribution in [1.29, 1.82) is 0 Å². The molecule has 56 valence electrons. The van der Waals surface area contributed by atoms with Crippen molar-refractivity contribution in [2.75, 3.05) is 0 Å². The molecule has 1 fully saturated rings. The third-order valence-corrected chi connectivity index (χ3v) is 3.40. The van der Waals surface area contributed by atoms with Crippen molar-refractivity contribution in [3.63, 3.8) is 0 Å². The Morgan fingerprint density at radius 3 is 3.10 bits per heavy atom. The summed E-state index contributed by atoms with van der Waals surface area (Å²) in [5.41, 5.74) is 2.36. The molecular formula is C10H16. The van der Waals surface area contributed by atoms with Gasteiger partial charge in [0.25, 0.3) is 0 Å². The van der Waals surface area contributed by atoms with Gasteiger partial charge in [0.15, 0.2) is 0 Å². The van der Waals surface area contributed by atoms with E-state index in [1.807, 2.05) is 0 Å². The van der Waals surface area contributed by atoms with Crippen molar-refractivity contribution in [2.45, 2.75) is 39.5 Å². The summed E-state index contributed by atoms with van der Waals surface area (Å²) in [7, 11) is 0. The fourth-order valence-electron chi connectivity index (χ4n) is 2.47. The molecule has 10 heavy (non-hydrogen) atoms. The maximum Gasteiger partial charge on any atom is -0.0201 e. The molecule has 2 rings (SSSR count). The van der Waals surface area contributed by atoms with Crippen LogP contribution in [-0.4, -0.2) is 0 Å². The van der Waals surface area contributed by atoms with Crippen LogP contribution in [0.4, 0.5) is 0 Å². The number of rotatable bonds is 0. The maximum atomic E-state index is 2.46. The molecule has 1 saturated carbocycles. The Bertz CT molecular complexity index is 178. The monoisotopic (exact) mass is 136 g/mol. The molecular weight excluding hydrogens is 120 g/mol. The Labute approximate surface area is 63.3 Å². The molecule has 0 saturated heterocycles. The number of hydrogen-bond acceptors (Lipinski definition) is 0.